The summed E-state index contributed by atoms with van der Waals surface area (Å²) in [4.78, 5) is 0. The summed E-state index contributed by atoms with van der Waals surface area (Å²) in [5.41, 5.74) is 6.06. The highest BCUT2D eigenvalue weighted by molar-refractivity contribution is 9.10. The molecule has 0 unspecified atom stereocenters. The molecule has 0 spiro atoms. The molecule has 1 aromatic rings. The highest BCUT2D eigenvalue weighted by Crippen LogP contribution is 2.24. The number of benzene rings is 1. The van der Waals surface area contributed by atoms with Crippen molar-refractivity contribution in [2.45, 2.75) is 6.04 Å². The Balaban J connectivity index is 0.00000144. The second-order valence-electron chi connectivity index (χ2n) is 2.40. The van der Waals surface area contributed by atoms with E-state index in [9.17, 15) is 4.39 Å². The molecule has 0 saturated carbocycles. The van der Waals surface area contributed by atoms with Gasteiger partial charge in [0, 0.05) is 10.0 Å². The van der Waals surface area contributed by atoms with E-state index in [2.05, 4.69) is 22.5 Å². The number of hydrogen-bond donors (Lipinski definition) is 1. The second-order valence-corrected chi connectivity index (χ2v) is 3.25. The Labute approximate surface area is 91.4 Å². The number of rotatable bonds is 2. The third kappa shape index (κ3) is 2.79. The topological polar surface area (TPSA) is 26.0 Å². The molecule has 13 heavy (non-hydrogen) atoms. The molecule has 0 aliphatic heterocycles. The van der Waals surface area contributed by atoms with Crippen LogP contribution in [-0.2, 0) is 0 Å². The van der Waals surface area contributed by atoms with Gasteiger partial charge in [-0.15, -0.1) is 19.0 Å². The lowest BCUT2D eigenvalue weighted by Gasteiger charge is -2.09. The average Bonchev–Trinajstić information content (AvgIpc) is 2.03. The van der Waals surface area contributed by atoms with Gasteiger partial charge in [-0.25, -0.2) is 4.39 Å². The molecule has 0 heterocycles. The molecule has 1 atom stereocenters. The van der Waals surface area contributed by atoms with Gasteiger partial charge in [-0.3, -0.25) is 0 Å². The Bertz CT molecular complexity index is 283. The van der Waals surface area contributed by atoms with Gasteiger partial charge in [0.25, 0.3) is 0 Å². The lowest BCUT2D eigenvalue weighted by molar-refractivity contribution is 0.600. The second kappa shape index (κ2) is 5.37. The SMILES string of the molecule is C=C[C@H](N)c1c(F)cccc1Br.Cl. The Kier molecular flexibility index (Phi) is 5.21. The monoisotopic (exact) mass is 265 g/mol. The van der Waals surface area contributed by atoms with Crippen molar-refractivity contribution in [3.63, 3.8) is 0 Å². The first-order valence-electron chi connectivity index (χ1n) is 3.49. The summed E-state index contributed by atoms with van der Waals surface area (Å²) in [6, 6.07) is 4.30. The lowest BCUT2D eigenvalue weighted by atomic mass is 10.1. The molecule has 2 N–H and O–H groups in total. The Morgan fingerprint density at radius 2 is 2.15 bits per heavy atom. The highest BCUT2D eigenvalue weighted by Gasteiger charge is 2.10. The highest BCUT2D eigenvalue weighted by atomic mass is 79.9. The maximum absolute atomic E-state index is 13.1. The molecule has 0 fully saturated rings. The summed E-state index contributed by atoms with van der Waals surface area (Å²) < 4.78 is 13.8. The van der Waals surface area contributed by atoms with E-state index in [0.29, 0.717) is 10.0 Å². The minimum atomic E-state index is -0.458. The third-order valence-corrected chi connectivity index (χ3v) is 2.28. The number of halogens is 3. The molecule has 0 aliphatic carbocycles. The van der Waals surface area contributed by atoms with Crippen molar-refractivity contribution < 1.29 is 4.39 Å². The maximum Gasteiger partial charge on any atom is 0.129 e. The van der Waals surface area contributed by atoms with Crippen molar-refractivity contribution in [1.29, 1.82) is 0 Å². The summed E-state index contributed by atoms with van der Waals surface area (Å²) in [6.07, 6.45) is 1.50. The van der Waals surface area contributed by atoms with Crippen molar-refractivity contribution in [2.75, 3.05) is 0 Å². The van der Waals surface area contributed by atoms with E-state index in [-0.39, 0.29) is 18.2 Å². The van der Waals surface area contributed by atoms with E-state index in [4.69, 9.17) is 5.73 Å². The van der Waals surface area contributed by atoms with Gasteiger partial charge in [0.05, 0.1) is 6.04 Å². The molecule has 1 nitrogen and oxygen atoms in total. The standard InChI is InChI=1S/C9H9BrFN.ClH/c1-2-8(12)9-6(10)4-3-5-7(9)11;/h2-5,8H,1,12H2;1H/t8-;/m0./s1. The van der Waals surface area contributed by atoms with Crippen LogP contribution in [0.15, 0.2) is 35.3 Å². The fourth-order valence-corrected chi connectivity index (χ4v) is 1.55. The molecule has 0 radical (unpaired) electrons. The van der Waals surface area contributed by atoms with Crippen molar-refractivity contribution in [2.24, 2.45) is 5.73 Å². The van der Waals surface area contributed by atoms with Gasteiger partial charge in [0.2, 0.25) is 0 Å². The van der Waals surface area contributed by atoms with Crippen LogP contribution in [0.25, 0.3) is 0 Å². The van der Waals surface area contributed by atoms with E-state index in [1.54, 1.807) is 12.1 Å². The molecule has 0 aliphatic rings. The smallest absolute Gasteiger partial charge is 0.129 e. The van der Waals surface area contributed by atoms with Crippen molar-refractivity contribution >= 4 is 28.3 Å². The molecule has 0 saturated heterocycles. The molecular weight excluding hydrogens is 256 g/mol. The molecule has 72 valence electrons. The van der Waals surface area contributed by atoms with Gasteiger partial charge in [0.15, 0.2) is 0 Å². The van der Waals surface area contributed by atoms with Gasteiger partial charge in [-0.2, -0.15) is 0 Å². The van der Waals surface area contributed by atoms with Crippen LogP contribution in [0.3, 0.4) is 0 Å². The quantitative estimate of drug-likeness (QED) is 0.818. The molecule has 0 aromatic heterocycles. The van der Waals surface area contributed by atoms with Crippen molar-refractivity contribution in [3.8, 4) is 0 Å². The van der Waals surface area contributed by atoms with Gasteiger partial charge in [-0.05, 0) is 12.1 Å². The van der Waals surface area contributed by atoms with Crippen molar-refractivity contribution in [3.05, 3.63) is 46.7 Å². The van der Waals surface area contributed by atoms with Gasteiger partial charge < -0.3 is 5.73 Å². The van der Waals surface area contributed by atoms with E-state index in [1.807, 2.05) is 0 Å². The van der Waals surface area contributed by atoms with E-state index in [1.165, 1.54) is 12.1 Å². The van der Waals surface area contributed by atoms with Crippen LogP contribution in [0.1, 0.15) is 11.6 Å². The lowest BCUT2D eigenvalue weighted by Crippen LogP contribution is -2.09. The Hall–Kier alpha value is -0.380. The first-order chi connectivity index (χ1) is 5.66. The molecule has 1 aromatic carbocycles. The van der Waals surface area contributed by atoms with Gasteiger partial charge in [0.1, 0.15) is 5.82 Å². The average molecular weight is 267 g/mol. The van der Waals surface area contributed by atoms with Crippen LogP contribution in [0.5, 0.6) is 0 Å². The van der Waals surface area contributed by atoms with Crippen LogP contribution in [0.4, 0.5) is 4.39 Å². The summed E-state index contributed by atoms with van der Waals surface area (Å²) in [5, 5.41) is 0. The van der Waals surface area contributed by atoms with E-state index in [0.717, 1.165) is 0 Å². The first-order valence-corrected chi connectivity index (χ1v) is 4.28. The Morgan fingerprint density at radius 1 is 1.54 bits per heavy atom. The van der Waals surface area contributed by atoms with Crippen LogP contribution in [-0.4, -0.2) is 0 Å². The zero-order chi connectivity index (χ0) is 9.14. The summed E-state index contributed by atoms with van der Waals surface area (Å²) in [6.45, 7) is 3.51. The van der Waals surface area contributed by atoms with E-state index < -0.39 is 6.04 Å². The van der Waals surface area contributed by atoms with Crippen LogP contribution >= 0.6 is 28.3 Å². The molecule has 4 heteroatoms. The molecule has 0 amide bonds. The maximum atomic E-state index is 13.1. The minimum Gasteiger partial charge on any atom is -0.321 e. The number of hydrogen-bond acceptors (Lipinski definition) is 1. The number of nitrogens with two attached hydrogens (primary N) is 1. The predicted octanol–water partition coefficient (Wildman–Crippen LogP) is 3.20. The Morgan fingerprint density at radius 3 is 2.62 bits per heavy atom. The normalized spacial score (nSPS) is 11.6. The zero-order valence-electron chi connectivity index (χ0n) is 6.84. The van der Waals surface area contributed by atoms with Gasteiger partial charge >= 0.3 is 0 Å². The fourth-order valence-electron chi connectivity index (χ4n) is 0.947. The summed E-state index contributed by atoms with van der Waals surface area (Å²) in [5.74, 6) is -0.309. The van der Waals surface area contributed by atoms with Crippen LogP contribution in [0, 0.1) is 5.82 Å². The van der Waals surface area contributed by atoms with Crippen LogP contribution in [0.2, 0.25) is 0 Å². The minimum absolute atomic E-state index is 0. The summed E-state index contributed by atoms with van der Waals surface area (Å²) in [7, 11) is 0. The van der Waals surface area contributed by atoms with Crippen molar-refractivity contribution in [1.82, 2.24) is 0 Å². The first kappa shape index (κ1) is 12.6. The summed E-state index contributed by atoms with van der Waals surface area (Å²) >= 11 is 3.22. The van der Waals surface area contributed by atoms with Gasteiger partial charge in [-0.1, -0.05) is 28.1 Å². The predicted molar refractivity (Wildman–Crippen MR) is 58.5 cm³/mol. The van der Waals surface area contributed by atoms with E-state index >= 15 is 0 Å². The zero-order valence-corrected chi connectivity index (χ0v) is 9.24. The third-order valence-electron chi connectivity index (χ3n) is 1.59. The molecular formula is C9H10BrClFN. The molecule has 1 rings (SSSR count). The molecule has 0 bridgehead atoms. The fraction of sp³-hybridized carbons (Fsp3) is 0.111. The largest absolute Gasteiger partial charge is 0.321 e. The van der Waals surface area contributed by atoms with Crippen LogP contribution < -0.4 is 5.73 Å².